The summed E-state index contributed by atoms with van der Waals surface area (Å²) in [5.41, 5.74) is -2.20. The van der Waals surface area contributed by atoms with Gasteiger partial charge in [0.2, 0.25) is 0 Å². The molecule has 0 aliphatic heterocycles. The molecule has 1 aromatic carbocycles. The molecule has 2 aromatic rings. The lowest BCUT2D eigenvalue weighted by atomic mass is 10.0. The van der Waals surface area contributed by atoms with E-state index in [-0.39, 0.29) is 0 Å². The predicted molar refractivity (Wildman–Crippen MR) is 64.0 cm³/mol. The Labute approximate surface area is 120 Å². The molecule has 0 saturated heterocycles. The predicted octanol–water partition coefficient (Wildman–Crippen LogP) is 4.26. The number of rotatable bonds is 2. The Morgan fingerprint density at radius 2 is 1.67 bits per heavy atom. The van der Waals surface area contributed by atoms with Crippen molar-refractivity contribution in [2.45, 2.75) is 6.18 Å². The van der Waals surface area contributed by atoms with E-state index in [9.17, 15) is 26.7 Å². The first-order valence-electron chi connectivity index (χ1n) is 5.43. The van der Waals surface area contributed by atoms with Gasteiger partial charge in [0.05, 0.1) is 11.1 Å². The second-order valence-electron chi connectivity index (χ2n) is 3.99. The SMILES string of the molecule is O=C(c1ccc(F)cc1F)c1ccc(C(F)(F)F)nc1Cl. The quantitative estimate of drug-likeness (QED) is 0.470. The van der Waals surface area contributed by atoms with Gasteiger partial charge in [-0.15, -0.1) is 0 Å². The maximum absolute atomic E-state index is 13.5. The monoisotopic (exact) mass is 321 g/mol. The molecule has 1 heterocycles. The number of alkyl halides is 3. The maximum atomic E-state index is 13.5. The molecule has 8 heteroatoms. The fraction of sp³-hybridized carbons (Fsp3) is 0.0769. The van der Waals surface area contributed by atoms with E-state index in [2.05, 4.69) is 4.98 Å². The van der Waals surface area contributed by atoms with Crippen LogP contribution in [0.1, 0.15) is 21.6 Å². The van der Waals surface area contributed by atoms with Crippen molar-refractivity contribution < 1.29 is 26.7 Å². The van der Waals surface area contributed by atoms with Crippen molar-refractivity contribution in [2.24, 2.45) is 0 Å². The minimum atomic E-state index is -4.72. The van der Waals surface area contributed by atoms with E-state index in [1.165, 1.54) is 0 Å². The van der Waals surface area contributed by atoms with Crippen LogP contribution in [0.5, 0.6) is 0 Å². The zero-order valence-corrected chi connectivity index (χ0v) is 10.8. The molecule has 0 aliphatic rings. The summed E-state index contributed by atoms with van der Waals surface area (Å²) in [4.78, 5) is 15.1. The molecule has 0 spiro atoms. The highest BCUT2D eigenvalue weighted by Gasteiger charge is 2.33. The Morgan fingerprint density at radius 3 is 2.19 bits per heavy atom. The maximum Gasteiger partial charge on any atom is 0.433 e. The Kier molecular flexibility index (Phi) is 3.95. The van der Waals surface area contributed by atoms with Crippen molar-refractivity contribution >= 4 is 17.4 Å². The van der Waals surface area contributed by atoms with E-state index < -0.39 is 45.6 Å². The highest BCUT2D eigenvalue weighted by Crippen LogP contribution is 2.30. The van der Waals surface area contributed by atoms with Gasteiger partial charge < -0.3 is 0 Å². The van der Waals surface area contributed by atoms with Crippen LogP contribution in [0.3, 0.4) is 0 Å². The van der Waals surface area contributed by atoms with Crippen LogP contribution in [0.2, 0.25) is 5.15 Å². The molecular weight excluding hydrogens is 317 g/mol. The number of hydrogen-bond donors (Lipinski definition) is 0. The first kappa shape index (κ1) is 15.4. The van der Waals surface area contributed by atoms with E-state index in [1.807, 2.05) is 0 Å². The molecule has 0 atom stereocenters. The minimum absolute atomic E-state index is 0.407. The van der Waals surface area contributed by atoms with Crippen LogP contribution in [0.25, 0.3) is 0 Å². The Hall–Kier alpha value is -2.02. The summed E-state index contributed by atoms with van der Waals surface area (Å²) in [6.07, 6.45) is -4.72. The summed E-state index contributed by atoms with van der Waals surface area (Å²) in [5.74, 6) is -3.02. The van der Waals surface area contributed by atoms with Gasteiger partial charge in [-0.1, -0.05) is 11.6 Å². The van der Waals surface area contributed by atoms with Crippen molar-refractivity contribution in [2.75, 3.05) is 0 Å². The fourth-order valence-electron chi connectivity index (χ4n) is 1.58. The number of ketones is 1. The lowest BCUT2D eigenvalue weighted by molar-refractivity contribution is -0.141. The first-order valence-corrected chi connectivity index (χ1v) is 5.81. The average Bonchev–Trinajstić information content (AvgIpc) is 2.36. The van der Waals surface area contributed by atoms with Crippen LogP contribution in [0, 0.1) is 11.6 Å². The van der Waals surface area contributed by atoms with Gasteiger partial charge in [0.25, 0.3) is 0 Å². The minimum Gasteiger partial charge on any atom is -0.288 e. The Morgan fingerprint density at radius 1 is 1.05 bits per heavy atom. The van der Waals surface area contributed by atoms with Gasteiger partial charge in [-0.25, -0.2) is 13.8 Å². The van der Waals surface area contributed by atoms with Crippen LogP contribution < -0.4 is 0 Å². The fourth-order valence-corrected chi connectivity index (χ4v) is 1.82. The standard InChI is InChI=1S/C13H5ClF5NO/c14-12-8(3-4-10(20-12)13(17,18)19)11(21)7-2-1-6(15)5-9(7)16/h1-5H. The topological polar surface area (TPSA) is 30.0 Å². The van der Waals surface area contributed by atoms with Crippen LogP contribution in [-0.2, 0) is 6.18 Å². The van der Waals surface area contributed by atoms with E-state index in [0.717, 1.165) is 18.2 Å². The van der Waals surface area contributed by atoms with Crippen LogP contribution in [0.15, 0.2) is 30.3 Å². The summed E-state index contributed by atoms with van der Waals surface area (Å²) in [6, 6.07) is 3.56. The number of halogens is 6. The molecular formula is C13H5ClF5NO. The summed E-state index contributed by atoms with van der Waals surface area (Å²) < 4.78 is 63.5. The molecule has 0 unspecified atom stereocenters. The number of carbonyl (C=O) groups is 1. The van der Waals surface area contributed by atoms with E-state index in [0.29, 0.717) is 12.1 Å². The highest BCUT2D eigenvalue weighted by molar-refractivity contribution is 6.33. The Bertz CT molecular complexity index is 714. The Balaban J connectivity index is 2.45. The second kappa shape index (κ2) is 5.40. The van der Waals surface area contributed by atoms with Gasteiger partial charge in [-0.3, -0.25) is 4.79 Å². The van der Waals surface area contributed by atoms with Crippen molar-refractivity contribution in [1.29, 1.82) is 0 Å². The largest absolute Gasteiger partial charge is 0.433 e. The smallest absolute Gasteiger partial charge is 0.288 e. The van der Waals surface area contributed by atoms with Gasteiger partial charge in [0.15, 0.2) is 5.78 Å². The molecule has 2 nitrogen and oxygen atoms in total. The lowest BCUT2D eigenvalue weighted by Crippen LogP contribution is -2.11. The van der Waals surface area contributed by atoms with Gasteiger partial charge in [0, 0.05) is 6.07 Å². The van der Waals surface area contributed by atoms with Crippen LogP contribution >= 0.6 is 11.6 Å². The molecule has 1 aromatic heterocycles. The van der Waals surface area contributed by atoms with Gasteiger partial charge >= 0.3 is 6.18 Å². The molecule has 0 aliphatic carbocycles. The number of carbonyl (C=O) groups excluding carboxylic acids is 1. The zero-order chi connectivity index (χ0) is 15.8. The van der Waals surface area contributed by atoms with Gasteiger partial charge in [0.1, 0.15) is 22.5 Å². The summed E-state index contributed by atoms with van der Waals surface area (Å²) in [7, 11) is 0. The number of pyridine rings is 1. The lowest BCUT2D eigenvalue weighted by Gasteiger charge is -2.08. The zero-order valence-electron chi connectivity index (χ0n) is 10.0. The molecule has 0 fully saturated rings. The number of nitrogens with zero attached hydrogens (tertiary/aromatic N) is 1. The van der Waals surface area contributed by atoms with E-state index in [4.69, 9.17) is 11.6 Å². The molecule has 0 radical (unpaired) electrons. The molecule has 0 saturated carbocycles. The number of hydrogen-bond acceptors (Lipinski definition) is 2. The third-order valence-corrected chi connectivity index (χ3v) is 2.85. The van der Waals surface area contributed by atoms with Crippen molar-refractivity contribution in [3.63, 3.8) is 0 Å². The van der Waals surface area contributed by atoms with E-state index in [1.54, 1.807) is 0 Å². The summed E-state index contributed by atoms with van der Waals surface area (Å²) in [5, 5.41) is -0.710. The molecule has 0 N–H and O–H groups in total. The molecule has 0 bridgehead atoms. The van der Waals surface area contributed by atoms with Crippen molar-refractivity contribution in [3.8, 4) is 0 Å². The van der Waals surface area contributed by atoms with Crippen LogP contribution in [-0.4, -0.2) is 10.8 Å². The van der Waals surface area contributed by atoms with E-state index >= 15 is 0 Å². The van der Waals surface area contributed by atoms with Crippen molar-refractivity contribution in [1.82, 2.24) is 4.98 Å². The first-order chi connectivity index (χ1) is 9.70. The normalized spacial score (nSPS) is 11.5. The summed E-state index contributed by atoms with van der Waals surface area (Å²) >= 11 is 5.54. The number of aromatic nitrogens is 1. The summed E-state index contributed by atoms with van der Waals surface area (Å²) in [6.45, 7) is 0. The third-order valence-electron chi connectivity index (χ3n) is 2.56. The van der Waals surface area contributed by atoms with Crippen molar-refractivity contribution in [3.05, 3.63) is 63.9 Å². The highest BCUT2D eigenvalue weighted by atomic mass is 35.5. The average molecular weight is 322 g/mol. The molecule has 2 rings (SSSR count). The number of benzene rings is 1. The molecule has 0 amide bonds. The van der Waals surface area contributed by atoms with Crippen LogP contribution in [0.4, 0.5) is 22.0 Å². The van der Waals surface area contributed by atoms with Gasteiger partial charge in [-0.05, 0) is 24.3 Å². The second-order valence-corrected chi connectivity index (χ2v) is 4.34. The molecule has 110 valence electrons. The van der Waals surface area contributed by atoms with Gasteiger partial charge in [-0.2, -0.15) is 13.2 Å². The third kappa shape index (κ3) is 3.18. The molecule has 21 heavy (non-hydrogen) atoms.